The highest BCUT2D eigenvalue weighted by Crippen LogP contribution is 2.23. The Bertz CT molecular complexity index is 714. The van der Waals surface area contributed by atoms with Crippen LogP contribution in [0.15, 0.2) is 24.4 Å². The number of carbonyl (C=O) groups is 2. The van der Waals surface area contributed by atoms with Gasteiger partial charge in [-0.1, -0.05) is 11.6 Å². The number of benzene rings is 1. The molecule has 0 fully saturated rings. The third-order valence-electron chi connectivity index (χ3n) is 3.95. The molecule has 0 spiro atoms. The van der Waals surface area contributed by atoms with E-state index < -0.39 is 18.0 Å². The smallest absolute Gasteiger partial charge is 0.365 e. The van der Waals surface area contributed by atoms with Crippen LogP contribution >= 0.6 is 11.6 Å². The SMILES string of the molecule is COC(=O)CC([NH2+]CCCc1c[nH]c2ccc(Cl)cc12)C(=O)OC. The molecule has 3 N–H and O–H groups in total. The lowest BCUT2D eigenvalue weighted by atomic mass is 10.1. The zero-order valence-corrected chi connectivity index (χ0v) is 14.6. The molecule has 24 heavy (non-hydrogen) atoms. The van der Waals surface area contributed by atoms with Crippen molar-refractivity contribution in [3.63, 3.8) is 0 Å². The van der Waals surface area contributed by atoms with Crippen molar-refractivity contribution in [1.82, 2.24) is 4.98 Å². The first kappa shape index (κ1) is 18.3. The first-order chi connectivity index (χ1) is 11.5. The van der Waals surface area contributed by atoms with Crippen LogP contribution in [0, 0.1) is 0 Å². The van der Waals surface area contributed by atoms with Gasteiger partial charge in [-0.2, -0.15) is 0 Å². The zero-order valence-electron chi connectivity index (χ0n) is 13.8. The second-order valence-corrected chi connectivity index (χ2v) is 5.98. The Hall–Kier alpha value is -2.05. The predicted molar refractivity (Wildman–Crippen MR) is 90.9 cm³/mol. The summed E-state index contributed by atoms with van der Waals surface area (Å²) in [5.41, 5.74) is 2.24. The second kappa shape index (κ2) is 8.70. The van der Waals surface area contributed by atoms with E-state index in [9.17, 15) is 9.59 Å². The number of nitrogens with two attached hydrogens (primary N) is 1. The number of fused-ring (bicyclic) bond motifs is 1. The molecule has 1 aromatic carbocycles. The summed E-state index contributed by atoms with van der Waals surface area (Å²) in [4.78, 5) is 26.3. The highest BCUT2D eigenvalue weighted by molar-refractivity contribution is 6.31. The summed E-state index contributed by atoms with van der Waals surface area (Å²) in [5, 5.41) is 3.64. The number of halogens is 1. The Balaban J connectivity index is 1.88. The summed E-state index contributed by atoms with van der Waals surface area (Å²) < 4.78 is 9.35. The maximum absolute atomic E-state index is 11.7. The first-order valence-electron chi connectivity index (χ1n) is 7.78. The van der Waals surface area contributed by atoms with Gasteiger partial charge in [-0.15, -0.1) is 0 Å². The highest BCUT2D eigenvalue weighted by atomic mass is 35.5. The lowest BCUT2D eigenvalue weighted by Gasteiger charge is -2.12. The number of aromatic amines is 1. The number of aromatic nitrogens is 1. The van der Waals surface area contributed by atoms with Crippen LogP contribution in [-0.4, -0.2) is 43.7 Å². The van der Waals surface area contributed by atoms with E-state index in [1.807, 2.05) is 29.7 Å². The van der Waals surface area contributed by atoms with Crippen LogP contribution in [0.4, 0.5) is 0 Å². The van der Waals surface area contributed by atoms with Crippen molar-refractivity contribution in [3.8, 4) is 0 Å². The molecule has 0 bridgehead atoms. The van der Waals surface area contributed by atoms with Crippen LogP contribution in [0.5, 0.6) is 0 Å². The Kier molecular flexibility index (Phi) is 6.63. The third-order valence-corrected chi connectivity index (χ3v) is 4.18. The van der Waals surface area contributed by atoms with Gasteiger partial charge in [0.25, 0.3) is 0 Å². The van der Waals surface area contributed by atoms with Gasteiger partial charge >= 0.3 is 11.9 Å². The summed E-state index contributed by atoms with van der Waals surface area (Å²) in [5.74, 6) is -0.841. The maximum Gasteiger partial charge on any atom is 0.365 e. The Morgan fingerprint density at radius 1 is 1.29 bits per heavy atom. The van der Waals surface area contributed by atoms with Gasteiger partial charge in [-0.3, -0.25) is 4.79 Å². The number of aryl methyl sites for hydroxylation is 1. The molecule has 0 saturated carbocycles. The average molecular weight is 354 g/mol. The molecule has 1 unspecified atom stereocenters. The van der Waals surface area contributed by atoms with Crippen LogP contribution in [0.3, 0.4) is 0 Å². The average Bonchev–Trinajstić information content (AvgIpc) is 2.98. The van der Waals surface area contributed by atoms with E-state index in [4.69, 9.17) is 16.3 Å². The summed E-state index contributed by atoms with van der Waals surface area (Å²) in [6.07, 6.45) is 3.69. The summed E-state index contributed by atoms with van der Waals surface area (Å²) >= 11 is 6.05. The Labute approximate surface area is 145 Å². The fourth-order valence-corrected chi connectivity index (χ4v) is 2.82. The summed E-state index contributed by atoms with van der Waals surface area (Å²) in [6, 6.07) is 5.18. The van der Waals surface area contributed by atoms with Crippen molar-refractivity contribution in [1.29, 1.82) is 0 Å². The third kappa shape index (κ3) is 4.72. The largest absolute Gasteiger partial charge is 0.469 e. The molecule has 2 rings (SSSR count). The molecule has 1 atom stereocenters. The van der Waals surface area contributed by atoms with Gasteiger partial charge in [-0.05, 0) is 30.2 Å². The Morgan fingerprint density at radius 2 is 2.08 bits per heavy atom. The number of H-pyrrole nitrogens is 1. The molecule has 0 aliphatic rings. The van der Waals surface area contributed by atoms with E-state index in [1.165, 1.54) is 19.8 Å². The monoisotopic (exact) mass is 353 g/mol. The van der Waals surface area contributed by atoms with Crippen molar-refractivity contribution in [3.05, 3.63) is 35.0 Å². The van der Waals surface area contributed by atoms with E-state index in [2.05, 4.69) is 9.72 Å². The molecule has 0 saturated heterocycles. The molecule has 1 aromatic heterocycles. The molecule has 0 radical (unpaired) electrons. The summed E-state index contributed by atoms with van der Waals surface area (Å²) in [6.45, 7) is 0.698. The maximum atomic E-state index is 11.7. The van der Waals surface area contributed by atoms with E-state index in [1.54, 1.807) is 0 Å². The second-order valence-electron chi connectivity index (χ2n) is 5.54. The van der Waals surface area contributed by atoms with Gasteiger partial charge in [0.1, 0.15) is 6.42 Å². The van der Waals surface area contributed by atoms with Crippen molar-refractivity contribution < 1.29 is 24.4 Å². The number of esters is 2. The van der Waals surface area contributed by atoms with E-state index in [0.29, 0.717) is 11.6 Å². The van der Waals surface area contributed by atoms with Crippen LogP contribution < -0.4 is 5.32 Å². The number of quaternary nitrogens is 1. The minimum Gasteiger partial charge on any atom is -0.469 e. The number of carbonyl (C=O) groups excluding carboxylic acids is 2. The highest BCUT2D eigenvalue weighted by Gasteiger charge is 2.26. The van der Waals surface area contributed by atoms with Gasteiger partial charge < -0.3 is 19.8 Å². The van der Waals surface area contributed by atoms with Gasteiger partial charge in [0.05, 0.1) is 20.8 Å². The Morgan fingerprint density at radius 3 is 2.79 bits per heavy atom. The quantitative estimate of drug-likeness (QED) is 0.555. The number of ether oxygens (including phenoxy) is 2. The molecule has 0 aliphatic heterocycles. The van der Waals surface area contributed by atoms with Gasteiger partial charge in [0.15, 0.2) is 6.04 Å². The molecule has 0 amide bonds. The number of rotatable bonds is 8. The van der Waals surface area contributed by atoms with E-state index in [-0.39, 0.29) is 6.42 Å². The molecule has 7 heteroatoms. The van der Waals surface area contributed by atoms with E-state index >= 15 is 0 Å². The minimum absolute atomic E-state index is 0.00582. The fourth-order valence-electron chi connectivity index (χ4n) is 2.65. The van der Waals surface area contributed by atoms with Crippen molar-refractivity contribution in [2.24, 2.45) is 0 Å². The van der Waals surface area contributed by atoms with Gasteiger partial charge in [-0.25, -0.2) is 4.79 Å². The lowest BCUT2D eigenvalue weighted by Crippen LogP contribution is -2.92. The van der Waals surface area contributed by atoms with Crippen LogP contribution in [0.25, 0.3) is 10.9 Å². The lowest BCUT2D eigenvalue weighted by molar-refractivity contribution is -0.677. The molecule has 6 nitrogen and oxygen atoms in total. The minimum atomic E-state index is -0.570. The number of methoxy groups -OCH3 is 2. The normalized spacial score (nSPS) is 12.1. The van der Waals surface area contributed by atoms with Crippen LogP contribution in [-0.2, 0) is 25.5 Å². The first-order valence-corrected chi connectivity index (χ1v) is 8.16. The van der Waals surface area contributed by atoms with E-state index in [0.717, 1.165) is 23.7 Å². The zero-order chi connectivity index (χ0) is 17.5. The van der Waals surface area contributed by atoms with Crippen molar-refractivity contribution >= 4 is 34.4 Å². The molecule has 2 aromatic rings. The summed E-state index contributed by atoms with van der Waals surface area (Å²) in [7, 11) is 2.62. The van der Waals surface area contributed by atoms with Crippen LogP contribution in [0.2, 0.25) is 5.02 Å². The fraction of sp³-hybridized carbons (Fsp3) is 0.412. The van der Waals surface area contributed by atoms with Crippen LogP contribution in [0.1, 0.15) is 18.4 Å². The number of hydrogen-bond acceptors (Lipinski definition) is 4. The van der Waals surface area contributed by atoms with Gasteiger partial charge in [0.2, 0.25) is 0 Å². The van der Waals surface area contributed by atoms with Gasteiger partial charge in [0, 0.05) is 28.5 Å². The molecular formula is C17H22ClN2O4+. The molecule has 0 aliphatic carbocycles. The van der Waals surface area contributed by atoms with Crippen molar-refractivity contribution in [2.75, 3.05) is 20.8 Å². The van der Waals surface area contributed by atoms with Crippen molar-refractivity contribution in [2.45, 2.75) is 25.3 Å². The standard InChI is InChI=1S/C17H21ClN2O4/c1-23-16(21)9-15(17(22)24-2)19-7-3-4-11-10-20-14-6-5-12(18)8-13(11)14/h5-6,8,10,15,19-20H,3-4,7,9H2,1-2H3/p+1. The molecule has 130 valence electrons. The topological polar surface area (TPSA) is 85.0 Å². The predicted octanol–water partition coefficient (Wildman–Crippen LogP) is 1.42. The molecular weight excluding hydrogens is 332 g/mol. The number of hydrogen-bond donors (Lipinski definition) is 2. The number of nitrogens with one attached hydrogen (secondary N) is 1. The molecule has 1 heterocycles.